The highest BCUT2D eigenvalue weighted by atomic mass is 32.2. The number of carbonyl (C=O) groups excluding carboxylic acids is 1. The summed E-state index contributed by atoms with van der Waals surface area (Å²) in [6.45, 7) is 7.20. The zero-order valence-electron chi connectivity index (χ0n) is 17.2. The summed E-state index contributed by atoms with van der Waals surface area (Å²) in [7, 11) is -3.81. The second kappa shape index (κ2) is 12.2. The van der Waals surface area contributed by atoms with E-state index in [4.69, 9.17) is 14.2 Å². The quantitative estimate of drug-likeness (QED) is 0.733. The Morgan fingerprint density at radius 1 is 0.966 bits per heavy atom. The van der Waals surface area contributed by atoms with E-state index < -0.39 is 16.1 Å². The molecule has 1 aliphatic heterocycles. The van der Waals surface area contributed by atoms with Crippen LogP contribution >= 0.6 is 0 Å². The molecule has 1 unspecified atom stereocenters. The third-order valence-corrected chi connectivity index (χ3v) is 5.91. The van der Waals surface area contributed by atoms with Crippen molar-refractivity contribution in [2.75, 3.05) is 52.7 Å². The van der Waals surface area contributed by atoms with E-state index in [0.717, 1.165) is 0 Å². The lowest BCUT2D eigenvalue weighted by Gasteiger charge is -2.29. The summed E-state index contributed by atoms with van der Waals surface area (Å²) >= 11 is 0. The molecule has 1 aromatic carbocycles. The summed E-state index contributed by atoms with van der Waals surface area (Å²) in [6.07, 6.45) is 0.400. The Morgan fingerprint density at radius 3 is 2.00 bits per heavy atom. The van der Waals surface area contributed by atoms with Crippen molar-refractivity contribution in [3.05, 3.63) is 30.3 Å². The lowest BCUT2D eigenvalue weighted by Crippen LogP contribution is -2.50. The molecule has 0 aliphatic carbocycles. The van der Waals surface area contributed by atoms with E-state index in [1.807, 2.05) is 13.8 Å². The highest BCUT2D eigenvalue weighted by molar-refractivity contribution is 7.89. The minimum Gasteiger partial charge on any atom is -0.377 e. The molecule has 2 rings (SSSR count). The number of ether oxygens (including phenoxy) is 3. The van der Waals surface area contributed by atoms with Crippen molar-refractivity contribution in [2.45, 2.75) is 31.2 Å². The largest absolute Gasteiger partial charge is 0.377 e. The first-order chi connectivity index (χ1) is 13.9. The number of rotatable bonds is 6. The monoisotopic (exact) mass is 428 g/mol. The number of nitrogens with zero attached hydrogens (tertiary/aromatic N) is 1. The van der Waals surface area contributed by atoms with Crippen LogP contribution in [0.15, 0.2) is 35.2 Å². The van der Waals surface area contributed by atoms with E-state index >= 15 is 0 Å². The molecule has 9 heteroatoms. The van der Waals surface area contributed by atoms with Crippen molar-refractivity contribution in [3.8, 4) is 0 Å². The topological polar surface area (TPSA) is 94.2 Å². The smallest absolute Gasteiger partial charge is 0.241 e. The summed E-state index contributed by atoms with van der Waals surface area (Å²) in [5, 5.41) is 0. The summed E-state index contributed by atoms with van der Waals surface area (Å²) in [4.78, 5) is 15.0. The summed E-state index contributed by atoms with van der Waals surface area (Å²) in [6, 6.07) is 7.23. The van der Waals surface area contributed by atoms with Crippen molar-refractivity contribution in [1.82, 2.24) is 9.62 Å². The molecule has 1 aliphatic rings. The van der Waals surface area contributed by atoms with Gasteiger partial charge in [0.15, 0.2) is 0 Å². The maximum atomic E-state index is 13.2. The molecule has 29 heavy (non-hydrogen) atoms. The maximum Gasteiger partial charge on any atom is 0.241 e. The lowest BCUT2D eigenvalue weighted by atomic mass is 10.0. The Balaban J connectivity index is 2.12. The fourth-order valence-electron chi connectivity index (χ4n) is 2.97. The molecule has 1 fully saturated rings. The van der Waals surface area contributed by atoms with E-state index in [1.165, 1.54) is 12.1 Å². The van der Waals surface area contributed by atoms with Gasteiger partial charge in [-0.3, -0.25) is 4.79 Å². The first-order valence-electron chi connectivity index (χ1n) is 9.99. The number of carbonyl (C=O) groups is 1. The zero-order chi connectivity index (χ0) is 21.1. The van der Waals surface area contributed by atoms with Crippen LogP contribution in [0.25, 0.3) is 0 Å². The standard InChI is InChI=1S/C20H32N2O6S/c1-17(2)16-19(21-29(24,25)18-6-4-3-5-7-18)20(23)22-8-10-26-12-14-28-15-13-27-11-9-22/h3-7,17,19,21H,8-16H2,1-2H3. The Morgan fingerprint density at radius 2 is 1.48 bits per heavy atom. The molecule has 8 nitrogen and oxygen atoms in total. The zero-order valence-corrected chi connectivity index (χ0v) is 18.0. The Bertz CT molecular complexity index is 699. The molecule has 1 N–H and O–H groups in total. The highest BCUT2D eigenvalue weighted by Crippen LogP contribution is 2.14. The van der Waals surface area contributed by atoms with Crippen LogP contribution in [-0.2, 0) is 29.0 Å². The van der Waals surface area contributed by atoms with Gasteiger partial charge in [0, 0.05) is 13.1 Å². The summed E-state index contributed by atoms with van der Waals surface area (Å²) in [5.41, 5.74) is 0. The van der Waals surface area contributed by atoms with Gasteiger partial charge in [-0.05, 0) is 24.5 Å². The first-order valence-corrected chi connectivity index (χ1v) is 11.5. The molecule has 164 valence electrons. The van der Waals surface area contributed by atoms with Gasteiger partial charge in [0.2, 0.25) is 15.9 Å². The second-order valence-corrected chi connectivity index (χ2v) is 8.99. The van der Waals surface area contributed by atoms with E-state index in [9.17, 15) is 13.2 Å². The van der Waals surface area contributed by atoms with Gasteiger partial charge in [-0.2, -0.15) is 4.72 Å². The van der Waals surface area contributed by atoms with Crippen LogP contribution in [0.5, 0.6) is 0 Å². The van der Waals surface area contributed by atoms with Crippen LogP contribution in [-0.4, -0.2) is 78.0 Å². The van der Waals surface area contributed by atoms with Crippen molar-refractivity contribution in [2.24, 2.45) is 5.92 Å². The van der Waals surface area contributed by atoms with Crippen LogP contribution in [0.2, 0.25) is 0 Å². The summed E-state index contributed by atoms with van der Waals surface area (Å²) < 4.78 is 44.5. The van der Waals surface area contributed by atoms with Gasteiger partial charge in [0.05, 0.1) is 44.5 Å². The van der Waals surface area contributed by atoms with Gasteiger partial charge in [0.25, 0.3) is 0 Å². The van der Waals surface area contributed by atoms with Crippen molar-refractivity contribution in [1.29, 1.82) is 0 Å². The number of hydrogen-bond acceptors (Lipinski definition) is 6. The van der Waals surface area contributed by atoms with Gasteiger partial charge < -0.3 is 19.1 Å². The number of hydrogen-bond donors (Lipinski definition) is 1. The first kappa shape index (κ1) is 23.8. The van der Waals surface area contributed by atoms with Crippen molar-refractivity contribution in [3.63, 3.8) is 0 Å². The normalized spacial score (nSPS) is 18.7. The predicted molar refractivity (Wildman–Crippen MR) is 109 cm³/mol. The molecule has 0 aromatic heterocycles. The average Bonchev–Trinajstić information content (AvgIpc) is 2.67. The molecule has 1 saturated heterocycles. The second-order valence-electron chi connectivity index (χ2n) is 7.28. The molecular formula is C20H32N2O6S. The van der Waals surface area contributed by atoms with E-state index in [1.54, 1.807) is 23.1 Å². The van der Waals surface area contributed by atoms with E-state index in [0.29, 0.717) is 59.2 Å². The van der Waals surface area contributed by atoms with Gasteiger partial charge in [0.1, 0.15) is 6.04 Å². The fourth-order valence-corrected chi connectivity index (χ4v) is 4.19. The third-order valence-electron chi connectivity index (χ3n) is 4.42. The molecule has 0 spiro atoms. The van der Waals surface area contributed by atoms with Gasteiger partial charge in [-0.25, -0.2) is 8.42 Å². The molecule has 1 heterocycles. The molecule has 0 saturated carbocycles. The van der Waals surface area contributed by atoms with Crippen LogP contribution in [0, 0.1) is 5.92 Å². The molecule has 1 amide bonds. The van der Waals surface area contributed by atoms with Crippen molar-refractivity contribution < 1.29 is 27.4 Å². The molecule has 0 bridgehead atoms. The minimum absolute atomic E-state index is 0.138. The Kier molecular flexibility index (Phi) is 10.0. The van der Waals surface area contributed by atoms with Gasteiger partial charge >= 0.3 is 0 Å². The third kappa shape index (κ3) is 8.39. The van der Waals surface area contributed by atoms with E-state index in [2.05, 4.69) is 4.72 Å². The molecule has 1 atom stereocenters. The fraction of sp³-hybridized carbons (Fsp3) is 0.650. The van der Waals surface area contributed by atoms with Crippen LogP contribution in [0.4, 0.5) is 0 Å². The summed E-state index contributed by atoms with van der Waals surface area (Å²) in [5.74, 6) is -0.127. The molecule has 1 aromatic rings. The number of sulfonamides is 1. The maximum absolute atomic E-state index is 13.2. The Labute approximate surface area is 173 Å². The van der Waals surface area contributed by atoms with Gasteiger partial charge in [-0.15, -0.1) is 0 Å². The number of benzene rings is 1. The van der Waals surface area contributed by atoms with Crippen molar-refractivity contribution >= 4 is 15.9 Å². The highest BCUT2D eigenvalue weighted by Gasteiger charge is 2.29. The van der Waals surface area contributed by atoms with Crippen LogP contribution < -0.4 is 4.72 Å². The SMILES string of the molecule is CC(C)CC(NS(=O)(=O)c1ccccc1)C(=O)N1CCOCCOCCOCC1. The molecule has 0 radical (unpaired) electrons. The Hall–Kier alpha value is -1.52. The van der Waals surface area contributed by atoms with Crippen LogP contribution in [0.1, 0.15) is 20.3 Å². The number of nitrogens with one attached hydrogen (secondary N) is 1. The van der Waals surface area contributed by atoms with Gasteiger partial charge in [-0.1, -0.05) is 32.0 Å². The minimum atomic E-state index is -3.81. The average molecular weight is 429 g/mol. The molecular weight excluding hydrogens is 396 g/mol. The van der Waals surface area contributed by atoms with E-state index in [-0.39, 0.29) is 16.7 Å². The lowest BCUT2D eigenvalue weighted by molar-refractivity contribution is -0.135. The predicted octanol–water partition coefficient (Wildman–Crippen LogP) is 1.27. The van der Waals surface area contributed by atoms with Crippen LogP contribution in [0.3, 0.4) is 0 Å². The number of amides is 1.